The summed E-state index contributed by atoms with van der Waals surface area (Å²) in [6.07, 6.45) is 1.68. The van der Waals surface area contributed by atoms with Crippen molar-refractivity contribution in [1.82, 2.24) is 15.3 Å². The molecule has 1 amide bonds. The number of nitrogens with one attached hydrogen (secondary N) is 1. The van der Waals surface area contributed by atoms with E-state index in [2.05, 4.69) is 15.3 Å². The number of hydrogen-bond acceptors (Lipinski definition) is 4. The minimum Gasteiger partial charge on any atom is -0.384 e. The Hall–Kier alpha value is -2.43. The van der Waals surface area contributed by atoms with Crippen LogP contribution in [0.25, 0.3) is 0 Å². The Kier molecular flexibility index (Phi) is 3.30. The number of nitrogen functional groups attached to an aromatic ring is 1. The molecule has 0 fully saturated rings. The maximum absolute atomic E-state index is 11.7. The summed E-state index contributed by atoms with van der Waals surface area (Å²) < 4.78 is 0. The summed E-state index contributed by atoms with van der Waals surface area (Å²) in [6, 6.07) is 10.5. The number of nitrogens with two attached hydrogens (primary N) is 1. The Balaban J connectivity index is 1.98. The molecule has 2 aromatic heterocycles. The Bertz CT molecular complexity index is 513. The summed E-state index contributed by atoms with van der Waals surface area (Å²) in [5, 5.41) is 2.72. The molecule has 0 aliphatic heterocycles. The first-order chi connectivity index (χ1) is 8.25. The van der Waals surface area contributed by atoms with Gasteiger partial charge in [-0.25, -0.2) is 4.98 Å². The highest BCUT2D eigenvalue weighted by atomic mass is 16.1. The third-order valence-electron chi connectivity index (χ3n) is 2.16. The topological polar surface area (TPSA) is 80.9 Å². The Morgan fingerprint density at radius 3 is 2.82 bits per heavy atom. The summed E-state index contributed by atoms with van der Waals surface area (Å²) in [5.74, 6) is 0.0680. The summed E-state index contributed by atoms with van der Waals surface area (Å²) >= 11 is 0. The van der Waals surface area contributed by atoms with Crippen molar-refractivity contribution in [3.05, 3.63) is 54.0 Å². The fourth-order valence-corrected chi connectivity index (χ4v) is 1.34. The van der Waals surface area contributed by atoms with Gasteiger partial charge in [-0.3, -0.25) is 9.78 Å². The molecule has 0 spiro atoms. The summed E-state index contributed by atoms with van der Waals surface area (Å²) in [5.41, 5.74) is 6.60. The number of carbonyl (C=O) groups is 1. The van der Waals surface area contributed by atoms with Crippen molar-refractivity contribution in [1.29, 1.82) is 0 Å². The molecular formula is C12H12N4O. The van der Waals surface area contributed by atoms with Gasteiger partial charge in [0.2, 0.25) is 0 Å². The highest BCUT2D eigenvalue weighted by molar-refractivity contribution is 5.92. The van der Waals surface area contributed by atoms with Crippen molar-refractivity contribution in [2.24, 2.45) is 0 Å². The van der Waals surface area contributed by atoms with Gasteiger partial charge < -0.3 is 11.1 Å². The molecule has 0 saturated carbocycles. The van der Waals surface area contributed by atoms with E-state index in [1.807, 2.05) is 18.2 Å². The van der Waals surface area contributed by atoms with Gasteiger partial charge in [0.15, 0.2) is 0 Å². The van der Waals surface area contributed by atoms with Gasteiger partial charge in [-0.05, 0) is 24.3 Å². The van der Waals surface area contributed by atoms with E-state index in [1.54, 1.807) is 24.4 Å². The third-order valence-corrected chi connectivity index (χ3v) is 2.16. The van der Waals surface area contributed by atoms with Crippen molar-refractivity contribution in [2.75, 3.05) is 5.73 Å². The van der Waals surface area contributed by atoms with Gasteiger partial charge in [-0.1, -0.05) is 12.1 Å². The van der Waals surface area contributed by atoms with E-state index in [0.29, 0.717) is 18.1 Å². The molecule has 0 bridgehead atoms. The summed E-state index contributed by atoms with van der Waals surface area (Å²) in [4.78, 5) is 19.7. The average Bonchev–Trinajstić information content (AvgIpc) is 2.37. The number of nitrogens with zero attached hydrogens (tertiary/aromatic N) is 2. The molecule has 0 aliphatic carbocycles. The second-order valence-electron chi connectivity index (χ2n) is 3.45. The molecule has 0 radical (unpaired) electrons. The Morgan fingerprint density at radius 1 is 1.24 bits per heavy atom. The number of pyridine rings is 2. The molecule has 0 saturated heterocycles. The zero-order valence-corrected chi connectivity index (χ0v) is 9.13. The van der Waals surface area contributed by atoms with E-state index in [4.69, 9.17) is 5.73 Å². The first-order valence-electron chi connectivity index (χ1n) is 5.16. The van der Waals surface area contributed by atoms with Gasteiger partial charge in [-0.15, -0.1) is 0 Å². The monoisotopic (exact) mass is 228 g/mol. The van der Waals surface area contributed by atoms with Crippen LogP contribution >= 0.6 is 0 Å². The molecule has 0 unspecified atom stereocenters. The van der Waals surface area contributed by atoms with Crippen LogP contribution in [0.1, 0.15) is 16.2 Å². The van der Waals surface area contributed by atoms with Gasteiger partial charge >= 0.3 is 0 Å². The maximum Gasteiger partial charge on any atom is 0.270 e. The van der Waals surface area contributed by atoms with Crippen molar-refractivity contribution < 1.29 is 4.79 Å². The highest BCUT2D eigenvalue weighted by Gasteiger charge is 2.06. The van der Waals surface area contributed by atoms with Crippen molar-refractivity contribution >= 4 is 11.7 Å². The molecule has 17 heavy (non-hydrogen) atoms. The fraction of sp³-hybridized carbons (Fsp3) is 0.0833. The molecule has 5 heteroatoms. The molecule has 3 N–H and O–H groups in total. The van der Waals surface area contributed by atoms with E-state index < -0.39 is 0 Å². The van der Waals surface area contributed by atoms with Crippen molar-refractivity contribution in [2.45, 2.75) is 6.54 Å². The van der Waals surface area contributed by atoms with Crippen LogP contribution in [-0.4, -0.2) is 15.9 Å². The lowest BCUT2D eigenvalue weighted by Crippen LogP contribution is -2.24. The van der Waals surface area contributed by atoms with Crippen LogP contribution in [0, 0.1) is 0 Å². The molecule has 0 aliphatic rings. The van der Waals surface area contributed by atoms with Gasteiger partial charge in [-0.2, -0.15) is 0 Å². The van der Waals surface area contributed by atoms with Gasteiger partial charge in [0.25, 0.3) is 5.91 Å². The Labute approximate surface area is 98.7 Å². The standard InChI is InChI=1S/C12H12N4O/c13-11-6-3-5-10(16-11)12(17)15-8-9-4-1-2-7-14-9/h1-7H,8H2,(H2,13,16)(H,15,17). The number of amides is 1. The fourth-order valence-electron chi connectivity index (χ4n) is 1.34. The molecule has 0 aromatic carbocycles. The number of anilines is 1. The van der Waals surface area contributed by atoms with E-state index >= 15 is 0 Å². The van der Waals surface area contributed by atoms with Crippen LogP contribution in [0.2, 0.25) is 0 Å². The second-order valence-corrected chi connectivity index (χ2v) is 3.45. The first-order valence-corrected chi connectivity index (χ1v) is 5.16. The quantitative estimate of drug-likeness (QED) is 0.820. The minimum absolute atomic E-state index is 0.261. The molecule has 2 heterocycles. The highest BCUT2D eigenvalue weighted by Crippen LogP contribution is 2.00. The lowest BCUT2D eigenvalue weighted by Gasteiger charge is -2.04. The average molecular weight is 228 g/mol. The number of rotatable bonds is 3. The van der Waals surface area contributed by atoms with Crippen LogP contribution in [0.5, 0.6) is 0 Å². The molecule has 2 aromatic rings. The molecule has 2 rings (SSSR count). The van der Waals surface area contributed by atoms with Gasteiger partial charge in [0, 0.05) is 6.20 Å². The number of hydrogen-bond donors (Lipinski definition) is 2. The molecular weight excluding hydrogens is 216 g/mol. The van der Waals surface area contributed by atoms with Crippen molar-refractivity contribution in [3.63, 3.8) is 0 Å². The maximum atomic E-state index is 11.7. The van der Waals surface area contributed by atoms with Gasteiger partial charge in [0.1, 0.15) is 11.5 Å². The molecule has 86 valence electrons. The van der Waals surface area contributed by atoms with Gasteiger partial charge in [0.05, 0.1) is 12.2 Å². The van der Waals surface area contributed by atoms with E-state index in [0.717, 1.165) is 5.69 Å². The predicted octanol–water partition coefficient (Wildman–Crippen LogP) is 0.989. The van der Waals surface area contributed by atoms with E-state index in [1.165, 1.54) is 0 Å². The van der Waals surface area contributed by atoms with E-state index in [-0.39, 0.29) is 5.91 Å². The largest absolute Gasteiger partial charge is 0.384 e. The number of aromatic nitrogens is 2. The SMILES string of the molecule is Nc1cccc(C(=O)NCc2ccccn2)n1. The summed E-state index contributed by atoms with van der Waals surface area (Å²) in [7, 11) is 0. The minimum atomic E-state index is -0.261. The Morgan fingerprint density at radius 2 is 2.12 bits per heavy atom. The number of carbonyl (C=O) groups excluding carboxylic acids is 1. The molecule has 0 atom stereocenters. The van der Waals surface area contributed by atoms with Crippen LogP contribution < -0.4 is 11.1 Å². The van der Waals surface area contributed by atoms with Crippen LogP contribution in [0.4, 0.5) is 5.82 Å². The van der Waals surface area contributed by atoms with Crippen LogP contribution in [0.15, 0.2) is 42.6 Å². The van der Waals surface area contributed by atoms with Crippen LogP contribution in [0.3, 0.4) is 0 Å². The van der Waals surface area contributed by atoms with Crippen molar-refractivity contribution in [3.8, 4) is 0 Å². The predicted molar refractivity (Wildman–Crippen MR) is 64.1 cm³/mol. The molecule has 5 nitrogen and oxygen atoms in total. The second kappa shape index (κ2) is 5.07. The summed E-state index contributed by atoms with van der Waals surface area (Å²) in [6.45, 7) is 0.371. The zero-order valence-electron chi connectivity index (χ0n) is 9.13. The normalized spacial score (nSPS) is 9.88. The third kappa shape index (κ3) is 3.01. The lowest BCUT2D eigenvalue weighted by atomic mass is 10.3. The lowest BCUT2D eigenvalue weighted by molar-refractivity contribution is 0.0945. The van der Waals surface area contributed by atoms with E-state index in [9.17, 15) is 4.79 Å². The zero-order chi connectivity index (χ0) is 12.1. The smallest absolute Gasteiger partial charge is 0.270 e. The first kappa shape index (κ1) is 11.1. The van der Waals surface area contributed by atoms with Crippen LogP contribution in [-0.2, 0) is 6.54 Å².